The van der Waals surface area contributed by atoms with E-state index in [1.807, 2.05) is 13.0 Å². The van der Waals surface area contributed by atoms with Gasteiger partial charge in [-0.2, -0.15) is 5.26 Å². The Labute approximate surface area is 175 Å². The Bertz CT molecular complexity index is 1200. The minimum absolute atomic E-state index is 0.0157. The van der Waals surface area contributed by atoms with Gasteiger partial charge in [-0.05, 0) is 61.5 Å². The first kappa shape index (κ1) is 20.9. The first-order valence-corrected chi connectivity index (χ1v) is 10.6. The van der Waals surface area contributed by atoms with Gasteiger partial charge in [0.05, 0.1) is 28.8 Å². The molecule has 0 aliphatic carbocycles. The monoisotopic (exact) mass is 421 g/mol. The molecular weight excluding hydrogens is 402 g/mol. The van der Waals surface area contributed by atoms with Crippen molar-refractivity contribution in [3.63, 3.8) is 0 Å². The Hall–Kier alpha value is -3.83. The number of anilines is 2. The van der Waals surface area contributed by atoms with Crippen LogP contribution >= 0.6 is 0 Å². The summed E-state index contributed by atoms with van der Waals surface area (Å²) in [6, 6.07) is 20.7. The Morgan fingerprint density at radius 2 is 1.77 bits per heavy atom. The number of ether oxygens (including phenoxy) is 1. The maximum absolute atomic E-state index is 12.7. The van der Waals surface area contributed by atoms with E-state index in [-0.39, 0.29) is 16.1 Å². The molecule has 0 aromatic heterocycles. The molecule has 0 saturated heterocycles. The maximum atomic E-state index is 12.7. The fraction of sp³-hybridized carbons (Fsp3) is 0.0909. The third-order valence-electron chi connectivity index (χ3n) is 4.11. The van der Waals surface area contributed by atoms with Crippen molar-refractivity contribution in [3.8, 4) is 11.8 Å². The van der Waals surface area contributed by atoms with Crippen molar-refractivity contribution < 1.29 is 17.9 Å². The standard InChI is InChI=1S/C22H19N3O4S/c1-2-29-21-9-4-3-8-20(21)24-22(26)17-6-5-7-18(14-17)25-30(27,28)19-12-10-16(15-23)11-13-19/h3-14,25H,2H2,1H3,(H,24,26). The van der Waals surface area contributed by atoms with Gasteiger partial charge in [-0.1, -0.05) is 18.2 Å². The van der Waals surface area contributed by atoms with Crippen molar-refractivity contribution in [3.05, 3.63) is 83.9 Å². The number of benzene rings is 3. The van der Waals surface area contributed by atoms with E-state index < -0.39 is 15.9 Å². The summed E-state index contributed by atoms with van der Waals surface area (Å²) < 4.78 is 33.1. The highest BCUT2D eigenvalue weighted by Gasteiger charge is 2.16. The third-order valence-corrected chi connectivity index (χ3v) is 5.50. The lowest BCUT2D eigenvalue weighted by atomic mass is 10.2. The van der Waals surface area contributed by atoms with Crippen LogP contribution in [0.4, 0.5) is 11.4 Å². The molecule has 0 radical (unpaired) electrons. The molecule has 0 aliphatic heterocycles. The lowest BCUT2D eigenvalue weighted by Gasteiger charge is -2.12. The van der Waals surface area contributed by atoms with E-state index in [4.69, 9.17) is 10.00 Å². The molecule has 7 nitrogen and oxygen atoms in total. The van der Waals surface area contributed by atoms with Gasteiger partial charge in [0, 0.05) is 11.3 Å². The zero-order valence-electron chi connectivity index (χ0n) is 16.1. The summed E-state index contributed by atoms with van der Waals surface area (Å²) in [4.78, 5) is 12.7. The first-order valence-electron chi connectivity index (χ1n) is 9.09. The van der Waals surface area contributed by atoms with Gasteiger partial charge in [-0.15, -0.1) is 0 Å². The number of rotatable bonds is 7. The fourth-order valence-corrected chi connectivity index (χ4v) is 3.74. The number of hydrogen-bond acceptors (Lipinski definition) is 5. The predicted molar refractivity (Wildman–Crippen MR) is 114 cm³/mol. The molecule has 8 heteroatoms. The fourth-order valence-electron chi connectivity index (χ4n) is 2.69. The van der Waals surface area contributed by atoms with E-state index >= 15 is 0 Å². The highest BCUT2D eigenvalue weighted by Crippen LogP contribution is 2.25. The van der Waals surface area contributed by atoms with Gasteiger partial charge in [0.15, 0.2) is 0 Å². The number of nitriles is 1. The van der Waals surface area contributed by atoms with Gasteiger partial charge in [-0.3, -0.25) is 9.52 Å². The third kappa shape index (κ3) is 4.96. The lowest BCUT2D eigenvalue weighted by Crippen LogP contribution is -2.15. The number of carbonyl (C=O) groups is 1. The van der Waals surface area contributed by atoms with Crippen molar-refractivity contribution in [2.24, 2.45) is 0 Å². The summed E-state index contributed by atoms with van der Waals surface area (Å²) in [6.45, 7) is 2.31. The normalized spacial score (nSPS) is 10.7. The Balaban J connectivity index is 1.79. The number of carbonyl (C=O) groups excluding carboxylic acids is 1. The Morgan fingerprint density at radius 1 is 1.03 bits per heavy atom. The molecule has 0 bridgehead atoms. The van der Waals surface area contributed by atoms with Gasteiger partial charge in [0.2, 0.25) is 0 Å². The second-order valence-electron chi connectivity index (χ2n) is 6.21. The highest BCUT2D eigenvalue weighted by atomic mass is 32.2. The average molecular weight is 421 g/mol. The van der Waals surface area contributed by atoms with Crippen molar-refractivity contribution in [2.45, 2.75) is 11.8 Å². The van der Waals surface area contributed by atoms with Crippen LogP contribution in [-0.2, 0) is 10.0 Å². The van der Waals surface area contributed by atoms with Gasteiger partial charge in [-0.25, -0.2) is 8.42 Å². The molecule has 0 aliphatic rings. The molecule has 30 heavy (non-hydrogen) atoms. The summed E-state index contributed by atoms with van der Waals surface area (Å²) >= 11 is 0. The van der Waals surface area contributed by atoms with Gasteiger partial charge in [0.1, 0.15) is 5.75 Å². The molecule has 3 rings (SSSR count). The van der Waals surface area contributed by atoms with E-state index in [1.165, 1.54) is 30.3 Å². The summed E-state index contributed by atoms with van der Waals surface area (Å²) in [5, 5.41) is 11.6. The number of para-hydroxylation sites is 2. The number of amides is 1. The summed E-state index contributed by atoms with van der Waals surface area (Å²) in [6.07, 6.45) is 0. The van der Waals surface area contributed by atoms with Gasteiger partial charge < -0.3 is 10.1 Å². The average Bonchev–Trinajstić information content (AvgIpc) is 2.75. The molecule has 0 unspecified atom stereocenters. The van der Waals surface area contributed by atoms with Gasteiger partial charge >= 0.3 is 0 Å². The molecule has 1 amide bonds. The second-order valence-corrected chi connectivity index (χ2v) is 7.89. The van der Waals surface area contributed by atoms with Crippen LogP contribution in [0.3, 0.4) is 0 Å². The molecule has 0 atom stereocenters. The van der Waals surface area contributed by atoms with Crippen LogP contribution in [0.25, 0.3) is 0 Å². The lowest BCUT2D eigenvalue weighted by molar-refractivity contribution is 0.102. The number of nitrogens with one attached hydrogen (secondary N) is 2. The van der Waals surface area contributed by atoms with Crippen molar-refractivity contribution in [1.82, 2.24) is 0 Å². The number of sulfonamides is 1. The maximum Gasteiger partial charge on any atom is 0.261 e. The second kappa shape index (κ2) is 9.11. The Morgan fingerprint density at radius 3 is 2.47 bits per heavy atom. The zero-order chi connectivity index (χ0) is 21.6. The minimum atomic E-state index is -3.86. The SMILES string of the molecule is CCOc1ccccc1NC(=O)c1cccc(NS(=O)(=O)c2ccc(C#N)cc2)c1. The predicted octanol–water partition coefficient (Wildman–Crippen LogP) is 4.01. The molecule has 0 spiro atoms. The number of hydrogen-bond donors (Lipinski definition) is 2. The minimum Gasteiger partial charge on any atom is -0.492 e. The zero-order valence-corrected chi connectivity index (χ0v) is 16.9. The van der Waals surface area contributed by atoms with E-state index in [2.05, 4.69) is 10.0 Å². The molecule has 152 valence electrons. The van der Waals surface area contributed by atoms with Crippen LogP contribution in [-0.4, -0.2) is 20.9 Å². The molecule has 0 heterocycles. The highest BCUT2D eigenvalue weighted by molar-refractivity contribution is 7.92. The van der Waals surface area contributed by atoms with Crippen LogP contribution in [0.5, 0.6) is 5.75 Å². The molecular formula is C22H19N3O4S. The van der Waals surface area contributed by atoms with E-state index in [1.54, 1.807) is 42.5 Å². The molecule has 3 aromatic carbocycles. The topological polar surface area (TPSA) is 108 Å². The van der Waals surface area contributed by atoms with Crippen LogP contribution in [0.15, 0.2) is 77.7 Å². The van der Waals surface area contributed by atoms with Crippen molar-refractivity contribution in [2.75, 3.05) is 16.6 Å². The summed E-state index contributed by atoms with van der Waals surface area (Å²) in [5.74, 6) is 0.146. The largest absolute Gasteiger partial charge is 0.492 e. The molecule has 3 aromatic rings. The van der Waals surface area contributed by atoms with Crippen molar-refractivity contribution >= 4 is 27.3 Å². The van der Waals surface area contributed by atoms with Crippen LogP contribution in [0, 0.1) is 11.3 Å². The molecule has 0 fully saturated rings. The summed E-state index contributed by atoms with van der Waals surface area (Å²) in [5.41, 5.74) is 1.40. The number of nitrogens with zero attached hydrogens (tertiary/aromatic N) is 1. The molecule has 0 saturated carbocycles. The first-order chi connectivity index (χ1) is 14.4. The van der Waals surface area contributed by atoms with Crippen molar-refractivity contribution in [1.29, 1.82) is 5.26 Å². The van der Waals surface area contributed by atoms with Crippen LogP contribution in [0.2, 0.25) is 0 Å². The quantitative estimate of drug-likeness (QED) is 0.599. The van der Waals surface area contributed by atoms with E-state index in [0.29, 0.717) is 23.6 Å². The molecule has 2 N–H and O–H groups in total. The smallest absolute Gasteiger partial charge is 0.261 e. The van der Waals surface area contributed by atoms with E-state index in [0.717, 1.165) is 0 Å². The van der Waals surface area contributed by atoms with Crippen LogP contribution in [0.1, 0.15) is 22.8 Å². The Kier molecular flexibility index (Phi) is 6.35. The van der Waals surface area contributed by atoms with E-state index in [9.17, 15) is 13.2 Å². The van der Waals surface area contributed by atoms with Crippen LogP contribution < -0.4 is 14.8 Å². The van der Waals surface area contributed by atoms with Gasteiger partial charge in [0.25, 0.3) is 15.9 Å². The summed E-state index contributed by atoms with van der Waals surface area (Å²) in [7, 11) is -3.86.